The molecule has 2 rings (SSSR count). The molecular formula is C19H27N3O3. The smallest absolute Gasteiger partial charge is 0.258 e. The van der Waals surface area contributed by atoms with Crippen molar-refractivity contribution in [1.29, 1.82) is 0 Å². The van der Waals surface area contributed by atoms with Gasteiger partial charge in [0.2, 0.25) is 0 Å². The molecular weight excluding hydrogens is 318 g/mol. The van der Waals surface area contributed by atoms with Gasteiger partial charge in [-0.25, -0.2) is 0 Å². The molecule has 2 N–H and O–H groups in total. The summed E-state index contributed by atoms with van der Waals surface area (Å²) in [5.41, 5.74) is 0.851. The molecule has 2 aromatic rings. The number of benzene rings is 1. The van der Waals surface area contributed by atoms with Gasteiger partial charge in [0.15, 0.2) is 5.82 Å². The fourth-order valence-electron chi connectivity index (χ4n) is 2.27. The molecule has 0 aliphatic heterocycles. The monoisotopic (exact) mass is 345 g/mol. The lowest BCUT2D eigenvalue weighted by Crippen LogP contribution is -2.29. The second-order valence-corrected chi connectivity index (χ2v) is 7.57. The first-order valence-electron chi connectivity index (χ1n) is 8.60. The third kappa shape index (κ3) is 4.89. The Kier molecular flexibility index (Phi) is 5.95. The van der Waals surface area contributed by atoms with Crippen LogP contribution in [0.3, 0.4) is 0 Å². The first-order valence-corrected chi connectivity index (χ1v) is 8.60. The van der Waals surface area contributed by atoms with Gasteiger partial charge in [-0.3, -0.25) is 4.79 Å². The Balaban J connectivity index is 2.15. The van der Waals surface area contributed by atoms with Gasteiger partial charge < -0.3 is 14.9 Å². The number of aliphatic hydroxyl groups excluding tert-OH is 1. The third-order valence-electron chi connectivity index (χ3n) is 3.99. The van der Waals surface area contributed by atoms with Gasteiger partial charge in [0.05, 0.1) is 17.2 Å². The number of nitrogens with zero attached hydrogens (tertiary/aromatic N) is 2. The number of aromatic nitrogens is 2. The molecule has 0 spiro atoms. The van der Waals surface area contributed by atoms with Crippen LogP contribution < -0.4 is 5.32 Å². The van der Waals surface area contributed by atoms with Crippen LogP contribution in [0.4, 0.5) is 0 Å². The molecule has 0 radical (unpaired) electrons. The maximum atomic E-state index is 12.5. The molecule has 0 aliphatic carbocycles. The van der Waals surface area contributed by atoms with Gasteiger partial charge in [0, 0.05) is 12.0 Å². The standard InChI is InChI=1S/C19H27N3O3/c1-12(2)15(23)10-11-20-16(24)13-8-6-7-9-14(13)17-21-18(22-25-17)19(3,4)5/h6-9,12,15,23H,10-11H2,1-5H3,(H,20,24). The highest BCUT2D eigenvalue weighted by Crippen LogP contribution is 2.26. The van der Waals surface area contributed by atoms with Crippen LogP contribution in [0.25, 0.3) is 11.5 Å². The van der Waals surface area contributed by atoms with E-state index in [0.717, 1.165) is 0 Å². The fraction of sp³-hybridized carbons (Fsp3) is 0.526. The van der Waals surface area contributed by atoms with Crippen LogP contribution in [0.2, 0.25) is 0 Å². The zero-order valence-electron chi connectivity index (χ0n) is 15.5. The lowest BCUT2D eigenvalue weighted by atomic mass is 9.96. The number of amides is 1. The minimum atomic E-state index is -0.430. The maximum Gasteiger partial charge on any atom is 0.258 e. The third-order valence-corrected chi connectivity index (χ3v) is 3.99. The van der Waals surface area contributed by atoms with Crippen molar-refractivity contribution in [2.45, 2.75) is 52.6 Å². The van der Waals surface area contributed by atoms with E-state index in [1.165, 1.54) is 0 Å². The number of nitrogens with one attached hydrogen (secondary N) is 1. The lowest BCUT2D eigenvalue weighted by molar-refractivity contribution is 0.0920. The number of hydrogen-bond acceptors (Lipinski definition) is 5. The zero-order chi connectivity index (χ0) is 18.6. The molecule has 6 nitrogen and oxygen atoms in total. The Morgan fingerprint density at radius 2 is 1.96 bits per heavy atom. The van der Waals surface area contributed by atoms with E-state index in [9.17, 15) is 9.90 Å². The molecule has 1 unspecified atom stereocenters. The highest BCUT2D eigenvalue weighted by Gasteiger charge is 2.23. The van der Waals surface area contributed by atoms with E-state index < -0.39 is 6.10 Å². The Hall–Kier alpha value is -2.21. The van der Waals surface area contributed by atoms with E-state index in [0.29, 0.717) is 35.8 Å². The molecule has 0 bridgehead atoms. The largest absolute Gasteiger partial charge is 0.393 e. The summed E-state index contributed by atoms with van der Waals surface area (Å²) in [5, 5.41) is 16.7. The fourth-order valence-corrected chi connectivity index (χ4v) is 2.27. The molecule has 1 atom stereocenters. The van der Waals surface area contributed by atoms with Crippen LogP contribution in [0, 0.1) is 5.92 Å². The molecule has 6 heteroatoms. The molecule has 25 heavy (non-hydrogen) atoms. The van der Waals surface area contributed by atoms with Crippen molar-refractivity contribution in [2.75, 3.05) is 6.54 Å². The minimum Gasteiger partial charge on any atom is -0.393 e. The van der Waals surface area contributed by atoms with Crippen LogP contribution in [-0.2, 0) is 5.41 Å². The summed E-state index contributed by atoms with van der Waals surface area (Å²) >= 11 is 0. The van der Waals surface area contributed by atoms with Crippen molar-refractivity contribution in [2.24, 2.45) is 5.92 Å². The van der Waals surface area contributed by atoms with Crippen LogP contribution in [-0.4, -0.2) is 33.8 Å². The Bertz CT molecular complexity index is 717. The maximum absolute atomic E-state index is 12.5. The second kappa shape index (κ2) is 7.78. The molecule has 0 saturated heterocycles. The van der Waals surface area contributed by atoms with E-state index >= 15 is 0 Å². The number of hydrogen-bond donors (Lipinski definition) is 2. The molecule has 1 aromatic carbocycles. The average Bonchev–Trinajstić information content (AvgIpc) is 3.04. The van der Waals surface area contributed by atoms with E-state index in [-0.39, 0.29) is 17.2 Å². The van der Waals surface area contributed by atoms with Gasteiger partial charge >= 0.3 is 0 Å². The minimum absolute atomic E-state index is 0.165. The number of carbonyl (C=O) groups excluding carboxylic acids is 1. The topological polar surface area (TPSA) is 88.2 Å². The van der Waals surface area contributed by atoms with Crippen molar-refractivity contribution >= 4 is 5.91 Å². The van der Waals surface area contributed by atoms with E-state index in [1.807, 2.05) is 40.7 Å². The lowest BCUT2D eigenvalue weighted by Gasteiger charge is -2.14. The highest BCUT2D eigenvalue weighted by molar-refractivity contribution is 5.99. The van der Waals surface area contributed by atoms with Crippen LogP contribution in [0.15, 0.2) is 28.8 Å². The Morgan fingerprint density at radius 1 is 1.28 bits per heavy atom. The van der Waals surface area contributed by atoms with E-state index in [2.05, 4.69) is 15.5 Å². The van der Waals surface area contributed by atoms with Crippen molar-refractivity contribution in [3.8, 4) is 11.5 Å². The first kappa shape index (κ1) is 19.1. The SMILES string of the molecule is CC(C)C(O)CCNC(=O)c1ccccc1-c1nc(C(C)(C)C)no1. The van der Waals surface area contributed by atoms with Crippen LogP contribution in [0.5, 0.6) is 0 Å². The predicted octanol–water partition coefficient (Wildman–Crippen LogP) is 3.17. The number of rotatable bonds is 6. The van der Waals surface area contributed by atoms with E-state index in [4.69, 9.17) is 4.52 Å². The predicted molar refractivity (Wildman–Crippen MR) is 96.2 cm³/mol. The van der Waals surface area contributed by atoms with Crippen LogP contribution in [0.1, 0.15) is 57.2 Å². The molecule has 1 aromatic heterocycles. The number of aliphatic hydroxyl groups is 1. The van der Waals surface area contributed by atoms with Gasteiger partial charge in [-0.1, -0.05) is 51.9 Å². The average molecular weight is 345 g/mol. The van der Waals surface area contributed by atoms with Crippen molar-refractivity contribution in [1.82, 2.24) is 15.5 Å². The molecule has 0 aliphatic rings. The first-order chi connectivity index (χ1) is 11.7. The van der Waals surface area contributed by atoms with Crippen LogP contribution >= 0.6 is 0 Å². The number of carbonyl (C=O) groups is 1. The second-order valence-electron chi connectivity index (χ2n) is 7.57. The summed E-state index contributed by atoms with van der Waals surface area (Å²) in [6, 6.07) is 7.14. The summed E-state index contributed by atoms with van der Waals surface area (Å²) in [5.74, 6) is 0.871. The van der Waals surface area contributed by atoms with Gasteiger partial charge in [0.1, 0.15) is 0 Å². The van der Waals surface area contributed by atoms with Gasteiger partial charge in [-0.15, -0.1) is 0 Å². The molecule has 0 saturated carbocycles. The summed E-state index contributed by atoms with van der Waals surface area (Å²) in [4.78, 5) is 16.9. The van der Waals surface area contributed by atoms with Crippen molar-refractivity contribution in [3.05, 3.63) is 35.7 Å². The molecule has 1 heterocycles. The van der Waals surface area contributed by atoms with Crippen molar-refractivity contribution in [3.63, 3.8) is 0 Å². The summed E-state index contributed by atoms with van der Waals surface area (Å²) in [7, 11) is 0. The van der Waals surface area contributed by atoms with Gasteiger partial charge in [-0.05, 0) is 24.5 Å². The summed E-state index contributed by atoms with van der Waals surface area (Å²) in [6.07, 6.45) is 0.0844. The molecule has 0 fully saturated rings. The van der Waals surface area contributed by atoms with Gasteiger partial charge in [0.25, 0.3) is 11.8 Å². The summed E-state index contributed by atoms with van der Waals surface area (Å²) < 4.78 is 5.36. The van der Waals surface area contributed by atoms with E-state index in [1.54, 1.807) is 18.2 Å². The molecule has 136 valence electrons. The molecule has 1 amide bonds. The normalized spacial score (nSPS) is 13.1. The Morgan fingerprint density at radius 3 is 2.56 bits per heavy atom. The highest BCUT2D eigenvalue weighted by atomic mass is 16.5. The zero-order valence-corrected chi connectivity index (χ0v) is 15.5. The van der Waals surface area contributed by atoms with Gasteiger partial charge in [-0.2, -0.15) is 4.98 Å². The summed E-state index contributed by atoms with van der Waals surface area (Å²) in [6.45, 7) is 10.3. The quantitative estimate of drug-likeness (QED) is 0.839. The Labute approximate surface area is 148 Å². The van der Waals surface area contributed by atoms with Crippen molar-refractivity contribution < 1.29 is 14.4 Å².